The van der Waals surface area contributed by atoms with Crippen molar-refractivity contribution in [1.29, 1.82) is 0 Å². The predicted molar refractivity (Wildman–Crippen MR) is 74.1 cm³/mol. The van der Waals surface area contributed by atoms with Gasteiger partial charge < -0.3 is 4.90 Å². The molecule has 0 aromatic rings. The number of carbonyl (C=O) groups excluding carboxylic acids is 1. The van der Waals surface area contributed by atoms with E-state index < -0.39 is 0 Å². The molecule has 0 N–H and O–H groups in total. The van der Waals surface area contributed by atoms with E-state index in [2.05, 4.69) is 25.7 Å². The van der Waals surface area contributed by atoms with Crippen molar-refractivity contribution in [2.24, 2.45) is 0 Å². The van der Waals surface area contributed by atoms with Crippen LogP contribution in [0, 0.1) is 0 Å². The van der Waals surface area contributed by atoms with E-state index in [9.17, 15) is 4.79 Å². The molecule has 1 aliphatic heterocycles. The van der Waals surface area contributed by atoms with Gasteiger partial charge in [-0.15, -0.1) is 0 Å². The van der Waals surface area contributed by atoms with E-state index in [1.165, 1.54) is 0 Å². The molecule has 1 saturated heterocycles. The minimum absolute atomic E-state index is 0.223. The zero-order valence-electron chi connectivity index (χ0n) is 12.5. The first kappa shape index (κ1) is 16.4. The summed E-state index contributed by atoms with van der Waals surface area (Å²) in [6, 6.07) is 1.29. The zero-order chi connectivity index (χ0) is 13.4. The van der Waals surface area contributed by atoms with Crippen LogP contribution >= 0.6 is 0 Å². The van der Waals surface area contributed by atoms with Crippen LogP contribution in [0.25, 0.3) is 0 Å². The van der Waals surface area contributed by atoms with E-state index in [0.29, 0.717) is 12.1 Å². The molecule has 1 rings (SSSR count). The highest BCUT2D eigenvalue weighted by Crippen LogP contribution is 2.18. The summed E-state index contributed by atoms with van der Waals surface area (Å²) >= 11 is 0. The smallest absolute Gasteiger partial charge is 0.219 e. The van der Waals surface area contributed by atoms with Crippen LogP contribution < -0.4 is 0 Å². The molecule has 102 valence electrons. The maximum Gasteiger partial charge on any atom is 0.219 e. The molecule has 0 saturated carbocycles. The molecule has 0 aromatic carbocycles. The Kier molecular flexibility index (Phi) is 8.23. The third-order valence-electron chi connectivity index (χ3n) is 3.41. The van der Waals surface area contributed by atoms with Crippen molar-refractivity contribution in [1.82, 2.24) is 9.80 Å². The van der Waals surface area contributed by atoms with Crippen LogP contribution in [0.4, 0.5) is 0 Å². The monoisotopic (exact) mass is 242 g/mol. The summed E-state index contributed by atoms with van der Waals surface area (Å²) in [5, 5.41) is 0. The van der Waals surface area contributed by atoms with Gasteiger partial charge in [0.1, 0.15) is 0 Å². The highest BCUT2D eigenvalue weighted by atomic mass is 16.2. The minimum Gasteiger partial charge on any atom is -0.343 e. The molecule has 1 heterocycles. The number of piperidine rings is 1. The Balaban J connectivity index is 0.00000121. The van der Waals surface area contributed by atoms with Crippen LogP contribution in [0.1, 0.15) is 54.4 Å². The molecule has 0 unspecified atom stereocenters. The Morgan fingerprint density at radius 3 is 2.06 bits per heavy atom. The second kappa shape index (κ2) is 8.51. The van der Waals surface area contributed by atoms with Gasteiger partial charge in [0, 0.05) is 32.1 Å². The van der Waals surface area contributed by atoms with Crippen molar-refractivity contribution in [3.05, 3.63) is 0 Å². The maximum atomic E-state index is 11.2. The molecule has 1 fully saturated rings. The standard InChI is InChI=1S/C12H24N2O.C2H6/c1-5-14(10(2)3)12-6-8-13(9-7-12)11(4)15;1-2/h10,12H,5-9H2,1-4H3;1-2H3. The zero-order valence-corrected chi connectivity index (χ0v) is 12.5. The van der Waals surface area contributed by atoms with Crippen LogP contribution in [0.2, 0.25) is 0 Å². The van der Waals surface area contributed by atoms with Crippen LogP contribution in [-0.2, 0) is 4.79 Å². The molecule has 3 nitrogen and oxygen atoms in total. The number of carbonyl (C=O) groups is 1. The summed E-state index contributed by atoms with van der Waals surface area (Å²) in [5.41, 5.74) is 0. The normalized spacial score (nSPS) is 17.1. The third kappa shape index (κ3) is 5.07. The first-order chi connectivity index (χ1) is 8.06. The van der Waals surface area contributed by atoms with Crippen molar-refractivity contribution in [2.45, 2.75) is 66.5 Å². The third-order valence-corrected chi connectivity index (χ3v) is 3.41. The average molecular weight is 242 g/mol. The quantitative estimate of drug-likeness (QED) is 0.760. The topological polar surface area (TPSA) is 23.6 Å². The van der Waals surface area contributed by atoms with Crippen LogP contribution in [0.15, 0.2) is 0 Å². The number of rotatable bonds is 3. The van der Waals surface area contributed by atoms with Gasteiger partial charge in [-0.1, -0.05) is 20.8 Å². The lowest BCUT2D eigenvalue weighted by Crippen LogP contribution is -2.48. The van der Waals surface area contributed by atoms with Gasteiger partial charge in [-0.2, -0.15) is 0 Å². The molecule has 17 heavy (non-hydrogen) atoms. The van der Waals surface area contributed by atoms with Gasteiger partial charge in [0.15, 0.2) is 0 Å². The van der Waals surface area contributed by atoms with Crippen LogP contribution in [0.5, 0.6) is 0 Å². The summed E-state index contributed by atoms with van der Waals surface area (Å²) < 4.78 is 0. The maximum absolute atomic E-state index is 11.2. The second-order valence-corrected chi connectivity index (χ2v) is 4.66. The van der Waals surface area contributed by atoms with E-state index in [0.717, 1.165) is 32.5 Å². The fourth-order valence-electron chi connectivity index (χ4n) is 2.56. The molecule has 0 radical (unpaired) electrons. The molecular weight excluding hydrogens is 212 g/mol. The Morgan fingerprint density at radius 2 is 1.76 bits per heavy atom. The van der Waals surface area contributed by atoms with Crippen molar-refractivity contribution in [3.63, 3.8) is 0 Å². The van der Waals surface area contributed by atoms with Crippen LogP contribution in [0.3, 0.4) is 0 Å². The second-order valence-electron chi connectivity index (χ2n) is 4.66. The van der Waals surface area contributed by atoms with E-state index in [1.807, 2.05) is 18.7 Å². The molecule has 0 aromatic heterocycles. The average Bonchev–Trinajstić information content (AvgIpc) is 2.32. The van der Waals surface area contributed by atoms with Gasteiger partial charge in [0.2, 0.25) is 5.91 Å². The number of amides is 1. The van der Waals surface area contributed by atoms with Gasteiger partial charge in [-0.05, 0) is 33.2 Å². The summed E-state index contributed by atoms with van der Waals surface area (Å²) in [6.07, 6.45) is 2.26. The molecule has 0 atom stereocenters. The van der Waals surface area contributed by atoms with Crippen molar-refractivity contribution >= 4 is 5.91 Å². The van der Waals surface area contributed by atoms with Crippen LogP contribution in [-0.4, -0.2) is 47.4 Å². The Morgan fingerprint density at radius 1 is 1.29 bits per heavy atom. The van der Waals surface area contributed by atoms with Gasteiger partial charge in [0.25, 0.3) is 0 Å². The van der Waals surface area contributed by atoms with Gasteiger partial charge in [-0.3, -0.25) is 9.69 Å². The van der Waals surface area contributed by atoms with Crippen molar-refractivity contribution in [2.75, 3.05) is 19.6 Å². The number of hydrogen-bond donors (Lipinski definition) is 0. The minimum atomic E-state index is 0.223. The largest absolute Gasteiger partial charge is 0.343 e. The van der Waals surface area contributed by atoms with E-state index in [4.69, 9.17) is 0 Å². The molecule has 0 spiro atoms. The lowest BCUT2D eigenvalue weighted by Gasteiger charge is -2.39. The van der Waals surface area contributed by atoms with Gasteiger partial charge in [-0.25, -0.2) is 0 Å². The fourth-order valence-corrected chi connectivity index (χ4v) is 2.56. The lowest BCUT2D eigenvalue weighted by molar-refractivity contribution is -0.130. The van der Waals surface area contributed by atoms with Gasteiger partial charge >= 0.3 is 0 Å². The summed E-state index contributed by atoms with van der Waals surface area (Å²) in [5.74, 6) is 0.223. The lowest BCUT2D eigenvalue weighted by atomic mass is 10.0. The van der Waals surface area contributed by atoms with Crippen molar-refractivity contribution in [3.8, 4) is 0 Å². The number of hydrogen-bond acceptors (Lipinski definition) is 2. The van der Waals surface area contributed by atoms with Gasteiger partial charge in [0.05, 0.1) is 0 Å². The first-order valence-corrected chi connectivity index (χ1v) is 7.07. The Bertz CT molecular complexity index is 208. The predicted octanol–water partition coefficient (Wildman–Crippen LogP) is 2.75. The van der Waals surface area contributed by atoms with Crippen molar-refractivity contribution < 1.29 is 4.79 Å². The molecule has 0 aliphatic carbocycles. The molecule has 1 aliphatic rings. The number of nitrogens with zero attached hydrogens (tertiary/aromatic N) is 2. The summed E-state index contributed by atoms with van der Waals surface area (Å²) in [6.45, 7) is 15.4. The highest BCUT2D eigenvalue weighted by Gasteiger charge is 2.25. The molecule has 3 heteroatoms. The first-order valence-electron chi connectivity index (χ1n) is 7.07. The molecule has 1 amide bonds. The molecular formula is C14H30N2O. The summed E-state index contributed by atoms with van der Waals surface area (Å²) in [7, 11) is 0. The Hall–Kier alpha value is -0.570. The highest BCUT2D eigenvalue weighted by molar-refractivity contribution is 5.73. The SMILES string of the molecule is CC.CCN(C(C)C)C1CCN(C(C)=O)CC1. The number of likely N-dealkylation sites (tertiary alicyclic amines) is 1. The fraction of sp³-hybridized carbons (Fsp3) is 0.929. The summed E-state index contributed by atoms with van der Waals surface area (Å²) in [4.78, 5) is 15.7. The van der Waals surface area contributed by atoms with E-state index in [1.54, 1.807) is 6.92 Å². The molecule has 0 bridgehead atoms. The Labute approximate surface area is 107 Å². The van der Waals surface area contributed by atoms with E-state index in [-0.39, 0.29) is 5.91 Å². The van der Waals surface area contributed by atoms with E-state index >= 15 is 0 Å².